The van der Waals surface area contributed by atoms with Gasteiger partial charge in [0, 0.05) is 15.8 Å². The highest BCUT2D eigenvalue weighted by atomic mass is 32.1. The van der Waals surface area contributed by atoms with Crippen molar-refractivity contribution in [3.63, 3.8) is 0 Å². The number of carbonyl (C=O) groups excluding carboxylic acids is 1. The molecule has 3 heterocycles. The van der Waals surface area contributed by atoms with Gasteiger partial charge in [-0.2, -0.15) is 0 Å². The molecule has 0 bridgehead atoms. The second kappa shape index (κ2) is 6.33. The average molecular weight is 346 g/mol. The number of nitrogens with zero attached hydrogens (tertiary/aromatic N) is 4. The first-order chi connectivity index (χ1) is 11.0. The molecule has 7 heteroatoms. The van der Waals surface area contributed by atoms with E-state index in [1.165, 1.54) is 16.2 Å². The average Bonchev–Trinajstić information content (AvgIpc) is 3.21. The molecule has 0 saturated heterocycles. The normalized spacial score (nSPS) is 12.5. The summed E-state index contributed by atoms with van der Waals surface area (Å²) >= 11 is 3.15. The van der Waals surface area contributed by atoms with Crippen LogP contribution in [0.3, 0.4) is 0 Å². The molecule has 120 valence electrons. The lowest BCUT2D eigenvalue weighted by molar-refractivity contribution is 0.102. The number of rotatable bonds is 5. The van der Waals surface area contributed by atoms with Crippen LogP contribution in [0.1, 0.15) is 51.6 Å². The summed E-state index contributed by atoms with van der Waals surface area (Å²) in [6, 6.07) is 1.97. The Morgan fingerprint density at radius 2 is 2.17 bits per heavy atom. The molecule has 0 aliphatic heterocycles. The van der Waals surface area contributed by atoms with E-state index in [1.807, 2.05) is 29.2 Å². The fourth-order valence-electron chi connectivity index (χ4n) is 2.33. The molecule has 0 spiro atoms. The van der Waals surface area contributed by atoms with Crippen LogP contribution in [0, 0.1) is 13.8 Å². The Hall–Kier alpha value is -1.86. The van der Waals surface area contributed by atoms with E-state index in [0.717, 1.165) is 33.3 Å². The van der Waals surface area contributed by atoms with Crippen LogP contribution >= 0.6 is 22.7 Å². The number of hydrogen-bond acceptors (Lipinski definition) is 6. The number of aromatic nitrogens is 4. The molecular formula is C16H18N4OS2. The van der Waals surface area contributed by atoms with E-state index in [9.17, 15) is 4.79 Å². The summed E-state index contributed by atoms with van der Waals surface area (Å²) in [4.78, 5) is 18.1. The lowest BCUT2D eigenvalue weighted by Gasteiger charge is -2.11. The highest BCUT2D eigenvalue weighted by molar-refractivity contribution is 7.12. The summed E-state index contributed by atoms with van der Waals surface area (Å²) in [6.07, 6.45) is 2.84. The third-order valence-electron chi connectivity index (χ3n) is 3.79. The van der Waals surface area contributed by atoms with Crippen LogP contribution in [0.5, 0.6) is 0 Å². The van der Waals surface area contributed by atoms with Gasteiger partial charge in [-0.3, -0.25) is 4.79 Å². The Balaban J connectivity index is 1.91. The van der Waals surface area contributed by atoms with Gasteiger partial charge in [-0.1, -0.05) is 12.1 Å². The van der Waals surface area contributed by atoms with Crippen LogP contribution in [0.15, 0.2) is 17.6 Å². The molecule has 0 fully saturated rings. The number of aryl methyl sites for hydroxylation is 2. The van der Waals surface area contributed by atoms with Crippen LogP contribution < -0.4 is 0 Å². The molecule has 23 heavy (non-hydrogen) atoms. The maximum absolute atomic E-state index is 11.4. The van der Waals surface area contributed by atoms with E-state index >= 15 is 0 Å². The Labute approximate surface area is 143 Å². The van der Waals surface area contributed by atoms with Crippen molar-refractivity contribution in [1.29, 1.82) is 0 Å². The van der Waals surface area contributed by atoms with Gasteiger partial charge in [0.05, 0.1) is 16.8 Å². The number of thiophene rings is 1. The summed E-state index contributed by atoms with van der Waals surface area (Å²) in [7, 11) is 0. The number of hydrogen-bond donors (Lipinski definition) is 0. The maximum Gasteiger partial charge on any atom is 0.169 e. The van der Waals surface area contributed by atoms with Gasteiger partial charge in [-0.15, -0.1) is 27.8 Å². The van der Waals surface area contributed by atoms with Crippen molar-refractivity contribution in [1.82, 2.24) is 20.0 Å². The molecule has 0 amide bonds. The van der Waals surface area contributed by atoms with Crippen LogP contribution in [-0.4, -0.2) is 25.8 Å². The largest absolute Gasteiger partial charge is 0.294 e. The molecular weight excluding hydrogens is 328 g/mol. The topological polar surface area (TPSA) is 60.7 Å². The standard InChI is InChI=1S/C16H18N4OS2/c1-5-14(16-17-9(2)11(4)23-16)20-7-13(18-19-20)12-6-15(10(3)21)22-8-12/h6-8,14H,5H2,1-4H3/t14-/m0/s1. The highest BCUT2D eigenvalue weighted by Crippen LogP contribution is 2.29. The van der Waals surface area contributed by atoms with Gasteiger partial charge in [-0.25, -0.2) is 9.67 Å². The van der Waals surface area contributed by atoms with Crippen molar-refractivity contribution >= 4 is 28.5 Å². The highest BCUT2D eigenvalue weighted by Gasteiger charge is 2.19. The molecule has 0 aliphatic carbocycles. The Morgan fingerprint density at radius 3 is 2.74 bits per heavy atom. The molecule has 3 aromatic heterocycles. The smallest absolute Gasteiger partial charge is 0.169 e. The molecule has 1 atom stereocenters. The van der Waals surface area contributed by atoms with Gasteiger partial charge < -0.3 is 0 Å². The molecule has 0 aromatic carbocycles. The molecule has 0 unspecified atom stereocenters. The van der Waals surface area contributed by atoms with Gasteiger partial charge in [0.25, 0.3) is 0 Å². The van der Waals surface area contributed by atoms with Gasteiger partial charge in [0.2, 0.25) is 0 Å². The summed E-state index contributed by atoms with van der Waals surface area (Å²) in [5.74, 6) is 0.0776. The van der Waals surface area contributed by atoms with Gasteiger partial charge >= 0.3 is 0 Å². The zero-order valence-electron chi connectivity index (χ0n) is 13.5. The van der Waals surface area contributed by atoms with E-state index in [-0.39, 0.29) is 11.8 Å². The molecule has 3 rings (SSSR count). The first-order valence-electron chi connectivity index (χ1n) is 7.45. The predicted molar refractivity (Wildman–Crippen MR) is 93.4 cm³/mol. The maximum atomic E-state index is 11.4. The fourth-order valence-corrected chi connectivity index (χ4v) is 4.24. The minimum Gasteiger partial charge on any atom is -0.294 e. The third-order valence-corrected chi connectivity index (χ3v) is 5.99. The van der Waals surface area contributed by atoms with Crippen molar-refractivity contribution in [3.8, 4) is 11.3 Å². The lowest BCUT2D eigenvalue weighted by Crippen LogP contribution is -2.10. The van der Waals surface area contributed by atoms with Gasteiger partial charge in [0.1, 0.15) is 16.7 Å². The lowest BCUT2D eigenvalue weighted by atomic mass is 10.2. The Kier molecular flexibility index (Phi) is 4.41. The third kappa shape index (κ3) is 3.11. The summed E-state index contributed by atoms with van der Waals surface area (Å²) < 4.78 is 1.87. The first kappa shape index (κ1) is 16.0. The molecule has 0 saturated carbocycles. The van der Waals surface area contributed by atoms with Crippen LogP contribution in [0.25, 0.3) is 11.3 Å². The van der Waals surface area contributed by atoms with Crippen LogP contribution in [-0.2, 0) is 0 Å². The Bertz CT molecular complexity index is 827. The van der Waals surface area contributed by atoms with E-state index < -0.39 is 0 Å². The van der Waals surface area contributed by atoms with E-state index in [2.05, 4.69) is 29.1 Å². The molecule has 3 aromatic rings. The molecule has 0 N–H and O–H groups in total. The zero-order valence-corrected chi connectivity index (χ0v) is 15.2. The summed E-state index contributed by atoms with van der Waals surface area (Å²) in [6.45, 7) is 7.82. The number of ketones is 1. The predicted octanol–water partition coefficient (Wildman–Crippen LogP) is 4.28. The second-order valence-corrected chi connectivity index (χ2v) is 7.60. The van der Waals surface area contributed by atoms with Crippen molar-refractivity contribution in [2.75, 3.05) is 0 Å². The van der Waals surface area contributed by atoms with Crippen LogP contribution in [0.4, 0.5) is 0 Å². The van der Waals surface area contributed by atoms with E-state index in [0.29, 0.717) is 0 Å². The van der Waals surface area contributed by atoms with Gasteiger partial charge in [0.15, 0.2) is 5.78 Å². The molecule has 5 nitrogen and oxygen atoms in total. The van der Waals surface area contributed by atoms with Crippen molar-refractivity contribution in [2.24, 2.45) is 0 Å². The zero-order chi connectivity index (χ0) is 16.6. The Morgan fingerprint density at radius 1 is 1.39 bits per heavy atom. The first-order valence-corrected chi connectivity index (χ1v) is 9.14. The monoisotopic (exact) mass is 346 g/mol. The van der Waals surface area contributed by atoms with Gasteiger partial charge in [-0.05, 0) is 33.3 Å². The van der Waals surface area contributed by atoms with Crippen LogP contribution in [0.2, 0.25) is 0 Å². The van der Waals surface area contributed by atoms with Crippen molar-refractivity contribution < 1.29 is 4.79 Å². The number of Topliss-reactive ketones (excluding diaryl/α,β-unsaturated/α-hetero) is 1. The summed E-state index contributed by atoms with van der Waals surface area (Å²) in [5.41, 5.74) is 2.80. The number of carbonyl (C=O) groups is 1. The van der Waals surface area contributed by atoms with E-state index in [1.54, 1.807) is 18.3 Å². The molecule has 0 aliphatic rings. The number of thiazole rings is 1. The quantitative estimate of drug-likeness (QED) is 0.647. The fraction of sp³-hybridized carbons (Fsp3) is 0.375. The minimum atomic E-state index is 0.0776. The van der Waals surface area contributed by atoms with E-state index in [4.69, 9.17) is 0 Å². The second-order valence-electron chi connectivity index (χ2n) is 5.46. The SMILES string of the molecule is CC[C@@H](c1nc(C)c(C)s1)n1cc(-c2csc(C(C)=O)c2)nn1. The van der Waals surface area contributed by atoms with Crippen molar-refractivity contribution in [2.45, 2.75) is 40.2 Å². The minimum absolute atomic E-state index is 0.0776. The van der Waals surface area contributed by atoms with Crippen molar-refractivity contribution in [3.05, 3.63) is 38.1 Å². The molecule has 0 radical (unpaired) electrons. The summed E-state index contributed by atoms with van der Waals surface area (Å²) in [5, 5.41) is 11.6.